The Bertz CT molecular complexity index is 723. The first-order chi connectivity index (χ1) is 10.6. The number of carbonyl (C=O) groups is 2. The van der Waals surface area contributed by atoms with E-state index in [0.29, 0.717) is 13.0 Å². The van der Waals surface area contributed by atoms with Crippen LogP contribution in [0, 0.1) is 5.92 Å². The lowest BCUT2D eigenvalue weighted by atomic mass is 10.0. The number of fused-ring (bicyclic) bond motifs is 1. The highest BCUT2D eigenvalue weighted by Crippen LogP contribution is 2.26. The second kappa shape index (κ2) is 5.75. The van der Waals surface area contributed by atoms with E-state index in [1.165, 1.54) is 0 Å². The number of aromatic nitrogens is 1. The molecule has 2 unspecified atom stereocenters. The highest BCUT2D eigenvalue weighted by atomic mass is 16.4. The number of hydrogen-bond donors (Lipinski definition) is 1. The maximum Gasteiger partial charge on any atom is 0.308 e. The van der Waals surface area contributed by atoms with Gasteiger partial charge in [-0.2, -0.15) is 0 Å². The van der Waals surface area contributed by atoms with Crippen LogP contribution in [0.1, 0.15) is 18.9 Å². The van der Waals surface area contributed by atoms with E-state index in [1.807, 2.05) is 37.3 Å². The molecule has 5 heteroatoms. The molecule has 1 amide bonds. The third-order valence-corrected chi connectivity index (χ3v) is 4.45. The minimum Gasteiger partial charge on any atom is -0.481 e. The SMILES string of the molecule is CC1C(C(=O)O)CCN1C(=O)Cc1cccc2cccnc12. The maximum absolute atomic E-state index is 12.5. The van der Waals surface area contributed by atoms with Crippen molar-refractivity contribution in [1.82, 2.24) is 9.88 Å². The van der Waals surface area contributed by atoms with Gasteiger partial charge in [-0.1, -0.05) is 24.3 Å². The van der Waals surface area contributed by atoms with Crippen molar-refractivity contribution in [3.05, 3.63) is 42.1 Å². The lowest BCUT2D eigenvalue weighted by Crippen LogP contribution is -2.38. The topological polar surface area (TPSA) is 70.5 Å². The first-order valence-electron chi connectivity index (χ1n) is 7.43. The highest BCUT2D eigenvalue weighted by Gasteiger charge is 2.37. The molecule has 0 aliphatic carbocycles. The summed E-state index contributed by atoms with van der Waals surface area (Å²) in [6.07, 6.45) is 2.50. The number of amides is 1. The van der Waals surface area contributed by atoms with Gasteiger partial charge in [0.05, 0.1) is 17.9 Å². The van der Waals surface area contributed by atoms with Gasteiger partial charge in [-0.25, -0.2) is 0 Å². The molecule has 2 atom stereocenters. The molecule has 1 aromatic heterocycles. The van der Waals surface area contributed by atoms with Crippen LogP contribution in [0.25, 0.3) is 10.9 Å². The molecule has 2 aromatic rings. The van der Waals surface area contributed by atoms with Crippen LogP contribution in [0.4, 0.5) is 0 Å². The van der Waals surface area contributed by atoms with Crippen LogP contribution < -0.4 is 0 Å². The van der Waals surface area contributed by atoms with E-state index in [4.69, 9.17) is 5.11 Å². The van der Waals surface area contributed by atoms with Crippen LogP contribution in [-0.4, -0.2) is 39.5 Å². The van der Waals surface area contributed by atoms with E-state index in [0.717, 1.165) is 16.5 Å². The van der Waals surface area contributed by atoms with Gasteiger partial charge >= 0.3 is 5.97 Å². The Morgan fingerprint density at radius 2 is 2.09 bits per heavy atom. The van der Waals surface area contributed by atoms with Crippen molar-refractivity contribution >= 4 is 22.8 Å². The number of hydrogen-bond acceptors (Lipinski definition) is 3. The molecule has 1 aliphatic rings. The number of nitrogens with zero attached hydrogens (tertiary/aromatic N) is 2. The van der Waals surface area contributed by atoms with Crippen LogP contribution in [0.2, 0.25) is 0 Å². The van der Waals surface area contributed by atoms with Gasteiger partial charge in [0.25, 0.3) is 0 Å². The Labute approximate surface area is 128 Å². The van der Waals surface area contributed by atoms with Gasteiger partial charge in [-0.05, 0) is 25.0 Å². The summed E-state index contributed by atoms with van der Waals surface area (Å²) in [6, 6.07) is 9.37. The standard InChI is InChI=1S/C17H18N2O3/c1-11-14(17(21)22)7-9-19(11)15(20)10-13-5-2-4-12-6-3-8-18-16(12)13/h2-6,8,11,14H,7,9-10H2,1H3,(H,21,22). The quantitative estimate of drug-likeness (QED) is 0.942. The number of carboxylic acids is 1. The number of rotatable bonds is 3. The van der Waals surface area contributed by atoms with Gasteiger partial charge in [0, 0.05) is 24.2 Å². The number of carboxylic acid groups (broad SMARTS) is 1. The summed E-state index contributed by atoms with van der Waals surface area (Å²) in [5.74, 6) is -1.32. The van der Waals surface area contributed by atoms with Crippen molar-refractivity contribution in [3.8, 4) is 0 Å². The second-order valence-electron chi connectivity index (χ2n) is 5.73. The van der Waals surface area contributed by atoms with Crippen molar-refractivity contribution in [3.63, 3.8) is 0 Å². The van der Waals surface area contributed by atoms with Crippen LogP contribution in [-0.2, 0) is 16.0 Å². The molecule has 0 saturated carbocycles. The van der Waals surface area contributed by atoms with Crippen molar-refractivity contribution in [2.45, 2.75) is 25.8 Å². The Hall–Kier alpha value is -2.43. The molecular weight excluding hydrogens is 280 g/mol. The number of carbonyl (C=O) groups excluding carboxylic acids is 1. The number of para-hydroxylation sites is 1. The Morgan fingerprint density at radius 1 is 1.32 bits per heavy atom. The largest absolute Gasteiger partial charge is 0.481 e. The molecule has 1 aliphatic heterocycles. The normalized spacial score (nSPS) is 21.2. The highest BCUT2D eigenvalue weighted by molar-refractivity contribution is 5.88. The molecule has 0 bridgehead atoms. The second-order valence-corrected chi connectivity index (χ2v) is 5.73. The third-order valence-electron chi connectivity index (χ3n) is 4.45. The molecule has 1 N–H and O–H groups in total. The predicted molar refractivity (Wildman–Crippen MR) is 82.4 cm³/mol. The summed E-state index contributed by atoms with van der Waals surface area (Å²) in [7, 11) is 0. The van der Waals surface area contributed by atoms with Crippen LogP contribution in [0.15, 0.2) is 36.5 Å². The van der Waals surface area contributed by atoms with Gasteiger partial charge in [0.15, 0.2) is 0 Å². The zero-order valence-electron chi connectivity index (χ0n) is 12.4. The van der Waals surface area contributed by atoms with Gasteiger partial charge < -0.3 is 10.0 Å². The molecule has 22 heavy (non-hydrogen) atoms. The summed E-state index contributed by atoms with van der Waals surface area (Å²) in [5, 5.41) is 10.2. The maximum atomic E-state index is 12.5. The van der Waals surface area contributed by atoms with Gasteiger partial charge in [-0.15, -0.1) is 0 Å². The summed E-state index contributed by atoms with van der Waals surface area (Å²) >= 11 is 0. The lowest BCUT2D eigenvalue weighted by molar-refractivity contribution is -0.143. The van der Waals surface area contributed by atoms with Crippen LogP contribution in [0.5, 0.6) is 0 Å². The monoisotopic (exact) mass is 298 g/mol. The van der Waals surface area contributed by atoms with Gasteiger partial charge in [0.1, 0.15) is 0 Å². The zero-order valence-corrected chi connectivity index (χ0v) is 12.4. The number of likely N-dealkylation sites (tertiary alicyclic amines) is 1. The predicted octanol–water partition coefficient (Wildman–Crippen LogP) is 2.10. The average molecular weight is 298 g/mol. The third kappa shape index (κ3) is 2.54. The fraction of sp³-hybridized carbons (Fsp3) is 0.353. The number of aliphatic carboxylic acids is 1. The van der Waals surface area contributed by atoms with Crippen molar-refractivity contribution < 1.29 is 14.7 Å². The van der Waals surface area contributed by atoms with E-state index >= 15 is 0 Å². The molecule has 2 heterocycles. The summed E-state index contributed by atoms with van der Waals surface area (Å²) in [6.45, 7) is 2.32. The van der Waals surface area contributed by atoms with Crippen molar-refractivity contribution in [2.24, 2.45) is 5.92 Å². The van der Waals surface area contributed by atoms with E-state index in [9.17, 15) is 9.59 Å². The minimum absolute atomic E-state index is 0.0330. The minimum atomic E-state index is -0.824. The smallest absolute Gasteiger partial charge is 0.308 e. The molecule has 1 aromatic carbocycles. The van der Waals surface area contributed by atoms with E-state index in [-0.39, 0.29) is 18.4 Å². The Morgan fingerprint density at radius 3 is 2.82 bits per heavy atom. The summed E-state index contributed by atoms with van der Waals surface area (Å²) in [4.78, 5) is 29.7. The molecule has 1 fully saturated rings. The van der Waals surface area contributed by atoms with E-state index in [1.54, 1.807) is 11.1 Å². The lowest BCUT2D eigenvalue weighted by Gasteiger charge is -2.23. The molecule has 0 radical (unpaired) electrons. The Balaban J connectivity index is 1.81. The van der Waals surface area contributed by atoms with Crippen molar-refractivity contribution in [2.75, 3.05) is 6.54 Å². The fourth-order valence-corrected chi connectivity index (χ4v) is 3.20. The fourth-order valence-electron chi connectivity index (χ4n) is 3.20. The summed E-state index contributed by atoms with van der Waals surface area (Å²) < 4.78 is 0. The molecule has 5 nitrogen and oxygen atoms in total. The van der Waals surface area contributed by atoms with E-state index in [2.05, 4.69) is 4.98 Å². The average Bonchev–Trinajstić information content (AvgIpc) is 2.89. The van der Waals surface area contributed by atoms with Crippen LogP contribution >= 0.6 is 0 Å². The number of benzene rings is 1. The van der Waals surface area contributed by atoms with Crippen LogP contribution in [0.3, 0.4) is 0 Å². The first-order valence-corrected chi connectivity index (χ1v) is 7.43. The van der Waals surface area contributed by atoms with Gasteiger partial charge in [-0.3, -0.25) is 14.6 Å². The van der Waals surface area contributed by atoms with Crippen molar-refractivity contribution in [1.29, 1.82) is 0 Å². The molecular formula is C17H18N2O3. The summed E-state index contributed by atoms with van der Waals surface area (Å²) in [5.41, 5.74) is 1.72. The van der Waals surface area contributed by atoms with Gasteiger partial charge in [0.2, 0.25) is 5.91 Å². The Kier molecular flexibility index (Phi) is 3.79. The molecule has 3 rings (SSSR count). The molecule has 0 spiro atoms. The van der Waals surface area contributed by atoms with E-state index < -0.39 is 11.9 Å². The molecule has 1 saturated heterocycles. The zero-order chi connectivity index (χ0) is 15.7. The number of pyridine rings is 1. The molecule has 114 valence electrons. The first kappa shape index (κ1) is 14.5.